The first-order valence-electron chi connectivity index (χ1n) is 8.41. The molecule has 0 N–H and O–H groups in total. The van der Waals surface area contributed by atoms with Gasteiger partial charge in [0.2, 0.25) is 5.91 Å². The number of fused-ring (bicyclic) bond motifs is 1. The van der Waals surface area contributed by atoms with E-state index in [0.717, 1.165) is 17.0 Å². The summed E-state index contributed by atoms with van der Waals surface area (Å²) in [6.07, 6.45) is 3.74. The van der Waals surface area contributed by atoms with Crippen molar-refractivity contribution in [3.8, 4) is 0 Å². The van der Waals surface area contributed by atoms with Crippen molar-refractivity contribution in [2.24, 2.45) is 13.0 Å². The Balaban J connectivity index is 1.39. The van der Waals surface area contributed by atoms with Crippen LogP contribution < -0.4 is 5.56 Å². The molecule has 1 fully saturated rings. The van der Waals surface area contributed by atoms with Crippen molar-refractivity contribution < 1.29 is 4.79 Å². The van der Waals surface area contributed by atoms with Gasteiger partial charge in [0, 0.05) is 25.2 Å². The quantitative estimate of drug-likeness (QED) is 0.696. The average Bonchev–Trinajstić information content (AvgIpc) is 2.96. The van der Waals surface area contributed by atoms with Crippen molar-refractivity contribution >= 4 is 28.5 Å². The number of nitrogens with zero attached hydrogens (tertiary/aromatic N) is 5. The summed E-state index contributed by atoms with van der Waals surface area (Å²) < 4.78 is 2.88. The van der Waals surface area contributed by atoms with Gasteiger partial charge in [-0.25, -0.2) is 4.98 Å². The summed E-state index contributed by atoms with van der Waals surface area (Å²) in [4.78, 5) is 30.9. The van der Waals surface area contributed by atoms with E-state index in [0.29, 0.717) is 30.0 Å². The second-order valence-corrected chi connectivity index (χ2v) is 7.05. The number of likely N-dealkylation sites (tertiary alicyclic amines) is 1. The van der Waals surface area contributed by atoms with Gasteiger partial charge < -0.3 is 4.90 Å². The van der Waals surface area contributed by atoms with Crippen molar-refractivity contribution in [2.75, 3.05) is 13.1 Å². The van der Waals surface area contributed by atoms with E-state index in [9.17, 15) is 9.59 Å². The monoisotopic (exact) mass is 371 g/mol. The van der Waals surface area contributed by atoms with Crippen LogP contribution in [0.25, 0.3) is 11.0 Å². The lowest BCUT2D eigenvalue weighted by atomic mass is 9.92. The molecule has 2 aromatic heterocycles. The zero-order chi connectivity index (χ0) is 18.3. The zero-order valence-corrected chi connectivity index (χ0v) is 15.1. The third kappa shape index (κ3) is 2.99. The molecule has 1 aliphatic rings. The third-order valence-electron chi connectivity index (χ3n) is 4.80. The molecular formula is C18H18ClN5O2. The standard InChI is InChI=1S/C18H18ClN5O2/c1-22-17-14(7-21-22)18(26)24(11-20-17)10-16(25)23-8-12(9-23)6-13-4-2-3-5-15(13)19/h2-5,7,11-12H,6,8-10H2,1H3. The van der Waals surface area contributed by atoms with E-state index in [1.165, 1.54) is 21.8 Å². The van der Waals surface area contributed by atoms with Crippen molar-refractivity contribution in [1.82, 2.24) is 24.2 Å². The van der Waals surface area contributed by atoms with Gasteiger partial charge in [-0.05, 0) is 24.0 Å². The van der Waals surface area contributed by atoms with Gasteiger partial charge in [0.15, 0.2) is 5.65 Å². The number of hydrogen-bond acceptors (Lipinski definition) is 4. The van der Waals surface area contributed by atoms with E-state index in [4.69, 9.17) is 11.6 Å². The first kappa shape index (κ1) is 16.8. The van der Waals surface area contributed by atoms with Crippen LogP contribution in [0.2, 0.25) is 5.02 Å². The molecule has 7 nitrogen and oxygen atoms in total. The zero-order valence-electron chi connectivity index (χ0n) is 14.3. The lowest BCUT2D eigenvalue weighted by Crippen LogP contribution is -2.52. The van der Waals surface area contributed by atoms with Crippen molar-refractivity contribution in [3.63, 3.8) is 0 Å². The largest absolute Gasteiger partial charge is 0.340 e. The van der Waals surface area contributed by atoms with Gasteiger partial charge in [-0.15, -0.1) is 0 Å². The van der Waals surface area contributed by atoms with E-state index in [1.807, 2.05) is 24.3 Å². The Morgan fingerprint density at radius 1 is 1.31 bits per heavy atom. The molecule has 0 unspecified atom stereocenters. The number of benzene rings is 1. The Morgan fingerprint density at radius 2 is 2.08 bits per heavy atom. The molecule has 1 aromatic carbocycles. The number of rotatable bonds is 4. The molecule has 134 valence electrons. The van der Waals surface area contributed by atoms with Crippen LogP contribution in [0.5, 0.6) is 0 Å². The van der Waals surface area contributed by atoms with Crippen LogP contribution in [-0.4, -0.2) is 43.2 Å². The molecular weight excluding hydrogens is 354 g/mol. The number of aryl methyl sites for hydroxylation is 1. The van der Waals surface area contributed by atoms with Crippen molar-refractivity contribution in [1.29, 1.82) is 0 Å². The van der Waals surface area contributed by atoms with Crippen LogP contribution in [0.4, 0.5) is 0 Å². The number of aromatic nitrogens is 4. The molecule has 4 rings (SSSR count). The van der Waals surface area contributed by atoms with Gasteiger partial charge >= 0.3 is 0 Å². The minimum absolute atomic E-state index is 0.00448. The fourth-order valence-corrected chi connectivity index (χ4v) is 3.52. The van der Waals surface area contributed by atoms with Gasteiger partial charge in [-0.3, -0.25) is 18.8 Å². The number of amides is 1. The molecule has 0 atom stereocenters. The van der Waals surface area contributed by atoms with Crippen LogP contribution >= 0.6 is 11.6 Å². The van der Waals surface area contributed by atoms with Gasteiger partial charge in [0.25, 0.3) is 5.56 Å². The molecule has 3 aromatic rings. The summed E-state index contributed by atoms with van der Waals surface area (Å²) in [5, 5.41) is 5.21. The molecule has 0 saturated carbocycles. The molecule has 1 amide bonds. The Morgan fingerprint density at radius 3 is 2.85 bits per heavy atom. The van der Waals surface area contributed by atoms with E-state index in [1.54, 1.807) is 11.9 Å². The molecule has 1 aliphatic heterocycles. The molecule has 8 heteroatoms. The molecule has 1 saturated heterocycles. The van der Waals surface area contributed by atoms with Crippen LogP contribution in [-0.2, 0) is 24.8 Å². The smallest absolute Gasteiger partial charge is 0.264 e. The molecule has 0 bridgehead atoms. The van der Waals surface area contributed by atoms with E-state index in [-0.39, 0.29) is 18.0 Å². The summed E-state index contributed by atoms with van der Waals surface area (Å²) >= 11 is 6.19. The SMILES string of the molecule is Cn1ncc2c(=O)n(CC(=O)N3CC(Cc4ccccc4Cl)C3)cnc21. The normalized spacial score (nSPS) is 14.6. The fourth-order valence-electron chi connectivity index (χ4n) is 3.30. The van der Waals surface area contributed by atoms with Gasteiger partial charge in [-0.1, -0.05) is 29.8 Å². The number of halogens is 1. The van der Waals surface area contributed by atoms with Crippen LogP contribution in [0.15, 0.2) is 41.6 Å². The predicted molar refractivity (Wildman–Crippen MR) is 98.0 cm³/mol. The molecule has 0 radical (unpaired) electrons. The topological polar surface area (TPSA) is 73.0 Å². The maximum Gasteiger partial charge on any atom is 0.264 e. The summed E-state index contributed by atoms with van der Waals surface area (Å²) in [7, 11) is 1.73. The first-order chi connectivity index (χ1) is 12.5. The Kier molecular flexibility index (Phi) is 4.24. The maximum atomic E-state index is 12.4. The van der Waals surface area contributed by atoms with Crippen LogP contribution in [0.3, 0.4) is 0 Å². The molecule has 0 aliphatic carbocycles. The highest BCUT2D eigenvalue weighted by atomic mass is 35.5. The van der Waals surface area contributed by atoms with Crippen LogP contribution in [0, 0.1) is 5.92 Å². The molecule has 3 heterocycles. The number of carbonyl (C=O) groups is 1. The van der Waals surface area contributed by atoms with E-state index >= 15 is 0 Å². The van der Waals surface area contributed by atoms with Gasteiger partial charge in [-0.2, -0.15) is 5.10 Å². The highest BCUT2D eigenvalue weighted by Gasteiger charge is 2.31. The summed E-state index contributed by atoms with van der Waals surface area (Å²) in [5.74, 6) is 0.321. The highest BCUT2D eigenvalue weighted by molar-refractivity contribution is 6.31. The van der Waals surface area contributed by atoms with Crippen LogP contribution in [0.1, 0.15) is 5.56 Å². The first-order valence-corrected chi connectivity index (χ1v) is 8.79. The lowest BCUT2D eigenvalue weighted by molar-refractivity contribution is -0.138. The third-order valence-corrected chi connectivity index (χ3v) is 5.17. The lowest BCUT2D eigenvalue weighted by Gasteiger charge is -2.39. The predicted octanol–water partition coefficient (Wildman–Crippen LogP) is 1.48. The fraction of sp³-hybridized carbons (Fsp3) is 0.333. The summed E-state index contributed by atoms with van der Waals surface area (Å²) in [5.41, 5.74) is 1.38. The minimum Gasteiger partial charge on any atom is -0.340 e. The highest BCUT2D eigenvalue weighted by Crippen LogP contribution is 2.24. The second-order valence-electron chi connectivity index (χ2n) is 6.64. The average molecular weight is 372 g/mol. The Bertz CT molecular complexity index is 1040. The van der Waals surface area contributed by atoms with Crippen molar-refractivity contribution in [2.45, 2.75) is 13.0 Å². The van der Waals surface area contributed by atoms with Gasteiger partial charge in [0.05, 0.1) is 6.20 Å². The summed E-state index contributed by atoms with van der Waals surface area (Å²) in [6.45, 7) is 1.36. The minimum atomic E-state index is -0.246. The molecule has 26 heavy (non-hydrogen) atoms. The number of hydrogen-bond donors (Lipinski definition) is 0. The molecule has 0 spiro atoms. The van der Waals surface area contributed by atoms with E-state index < -0.39 is 0 Å². The Hall–Kier alpha value is -2.67. The van der Waals surface area contributed by atoms with Crippen molar-refractivity contribution in [3.05, 3.63) is 57.7 Å². The maximum absolute atomic E-state index is 12.4. The van der Waals surface area contributed by atoms with Gasteiger partial charge in [0.1, 0.15) is 18.3 Å². The summed E-state index contributed by atoms with van der Waals surface area (Å²) in [6, 6.07) is 7.78. The Labute approximate surface area is 154 Å². The number of carbonyl (C=O) groups excluding carboxylic acids is 1. The second kappa shape index (κ2) is 6.57. The van der Waals surface area contributed by atoms with E-state index in [2.05, 4.69) is 10.1 Å².